The van der Waals surface area contributed by atoms with Gasteiger partial charge in [-0.05, 0) is 76.1 Å². The number of unbranched alkanes of at least 4 members (excludes halogenated alkanes) is 6. The summed E-state index contributed by atoms with van der Waals surface area (Å²) >= 11 is 0. The molecule has 0 saturated carbocycles. The van der Waals surface area contributed by atoms with Crippen LogP contribution < -0.4 is 5.73 Å². The molecule has 32 heavy (non-hydrogen) atoms. The molecule has 1 aromatic carbocycles. The van der Waals surface area contributed by atoms with Crippen molar-refractivity contribution < 1.29 is 0 Å². The Kier molecular flexibility index (Phi) is 19.9. The Balaban J connectivity index is 0. The smallest absolute Gasteiger partial charge is 0.0438 e. The summed E-state index contributed by atoms with van der Waals surface area (Å²) in [6, 6.07) is 4.13. The second-order valence-electron chi connectivity index (χ2n) is 9.14. The van der Waals surface area contributed by atoms with E-state index in [2.05, 4.69) is 72.3 Å². The highest BCUT2D eigenvalue weighted by Gasteiger charge is 2.11. The highest BCUT2D eigenvalue weighted by atomic mass is 14.6. The maximum Gasteiger partial charge on any atom is 0.0438 e. The molecule has 0 aromatic heterocycles. The zero-order valence-corrected chi connectivity index (χ0v) is 22.7. The normalized spacial score (nSPS) is 10.6. The molecule has 0 bridgehead atoms. The fourth-order valence-corrected chi connectivity index (χ4v) is 3.09. The van der Waals surface area contributed by atoms with E-state index in [0.717, 1.165) is 12.1 Å². The zero-order valence-electron chi connectivity index (χ0n) is 22.7. The number of terminal acetylenes is 1. The van der Waals surface area contributed by atoms with Crippen LogP contribution >= 0.6 is 0 Å². The van der Waals surface area contributed by atoms with Crippen LogP contribution in [0, 0.1) is 24.7 Å². The molecule has 1 nitrogen and oxygen atoms in total. The Labute approximate surface area is 202 Å². The molecule has 1 rings (SSSR count). The molecule has 0 atom stereocenters. The summed E-state index contributed by atoms with van der Waals surface area (Å²) in [6.45, 7) is 20.7. The fourth-order valence-electron chi connectivity index (χ4n) is 3.09. The monoisotopic (exact) mass is 439 g/mol. The minimum Gasteiger partial charge on any atom is -0.398 e. The Morgan fingerprint density at radius 1 is 1.03 bits per heavy atom. The van der Waals surface area contributed by atoms with E-state index < -0.39 is 0 Å². The predicted molar refractivity (Wildman–Crippen MR) is 150 cm³/mol. The predicted octanol–water partition coefficient (Wildman–Crippen LogP) is 9.93. The molecule has 0 unspecified atom stereocenters. The molecule has 0 fully saturated rings. The van der Waals surface area contributed by atoms with E-state index in [1.807, 2.05) is 19.9 Å². The quantitative estimate of drug-likeness (QED) is 0.149. The Morgan fingerprint density at radius 3 is 2.06 bits per heavy atom. The first-order chi connectivity index (χ1) is 15.2. The van der Waals surface area contributed by atoms with Gasteiger partial charge in [-0.15, -0.1) is 13.0 Å². The van der Waals surface area contributed by atoms with E-state index in [0.29, 0.717) is 0 Å². The van der Waals surface area contributed by atoms with Gasteiger partial charge in [-0.2, -0.15) is 0 Å². The van der Waals surface area contributed by atoms with E-state index in [1.165, 1.54) is 80.1 Å². The summed E-state index contributed by atoms with van der Waals surface area (Å²) in [6.07, 6.45) is 22.4. The van der Waals surface area contributed by atoms with Gasteiger partial charge in [0.1, 0.15) is 0 Å². The van der Waals surface area contributed by atoms with E-state index in [-0.39, 0.29) is 5.41 Å². The van der Waals surface area contributed by atoms with Crippen LogP contribution in [0.3, 0.4) is 0 Å². The van der Waals surface area contributed by atoms with E-state index >= 15 is 0 Å². The number of anilines is 1. The molecule has 0 radical (unpaired) electrons. The van der Waals surface area contributed by atoms with Crippen molar-refractivity contribution in [1.29, 1.82) is 0 Å². The van der Waals surface area contributed by atoms with Crippen molar-refractivity contribution in [3.8, 4) is 12.3 Å². The number of rotatable bonds is 12. The van der Waals surface area contributed by atoms with Gasteiger partial charge < -0.3 is 5.73 Å². The van der Waals surface area contributed by atoms with Crippen molar-refractivity contribution >= 4 is 11.8 Å². The Morgan fingerprint density at radius 2 is 1.56 bits per heavy atom. The van der Waals surface area contributed by atoms with Crippen molar-refractivity contribution in [2.45, 2.75) is 120 Å². The number of hydrogen-bond acceptors (Lipinski definition) is 1. The summed E-state index contributed by atoms with van der Waals surface area (Å²) in [7, 11) is 0. The molecule has 2 N–H and O–H groups in total. The van der Waals surface area contributed by atoms with Gasteiger partial charge in [-0.1, -0.05) is 95.9 Å². The summed E-state index contributed by atoms with van der Waals surface area (Å²) in [5, 5.41) is 0. The molecule has 0 saturated heterocycles. The van der Waals surface area contributed by atoms with Crippen molar-refractivity contribution in [1.82, 2.24) is 0 Å². The maximum absolute atomic E-state index is 6.29. The van der Waals surface area contributed by atoms with Gasteiger partial charge in [0.15, 0.2) is 0 Å². The molecule has 1 heteroatoms. The lowest BCUT2D eigenvalue weighted by Gasteiger charge is -2.15. The second kappa shape index (κ2) is 19.7. The van der Waals surface area contributed by atoms with E-state index in [9.17, 15) is 0 Å². The molecular weight excluding hydrogens is 386 g/mol. The highest BCUT2D eigenvalue weighted by molar-refractivity contribution is 5.66. The molecule has 0 aliphatic carbocycles. The van der Waals surface area contributed by atoms with E-state index in [1.54, 1.807) is 0 Å². The largest absolute Gasteiger partial charge is 0.398 e. The van der Waals surface area contributed by atoms with Crippen LogP contribution in [0.4, 0.5) is 5.69 Å². The van der Waals surface area contributed by atoms with Crippen LogP contribution in [0.1, 0.15) is 123 Å². The molecule has 0 aliphatic heterocycles. The van der Waals surface area contributed by atoms with Gasteiger partial charge in [0.05, 0.1) is 0 Å². The highest BCUT2D eigenvalue weighted by Crippen LogP contribution is 2.27. The number of benzene rings is 1. The second-order valence-corrected chi connectivity index (χ2v) is 9.14. The molecule has 0 spiro atoms. The number of hydrogen-bond donors (Lipinski definition) is 1. The third-order valence-corrected chi connectivity index (χ3v) is 5.43. The third kappa shape index (κ3) is 15.8. The average Bonchev–Trinajstić information content (AvgIpc) is 2.78. The lowest BCUT2D eigenvalue weighted by atomic mass is 9.90. The lowest BCUT2D eigenvalue weighted by molar-refractivity contribution is 0.593. The van der Waals surface area contributed by atoms with Gasteiger partial charge >= 0.3 is 0 Å². The molecular formula is C31H53N. The number of nitrogen functional groups attached to an aromatic ring is 1. The van der Waals surface area contributed by atoms with Crippen LogP contribution in [0.2, 0.25) is 0 Å². The molecule has 0 amide bonds. The number of nitrogens with two attached hydrogens (primary N) is 1. The van der Waals surface area contributed by atoms with Crippen molar-refractivity contribution in [2.24, 2.45) is 5.41 Å². The van der Waals surface area contributed by atoms with Crippen LogP contribution in [-0.2, 0) is 6.42 Å². The number of allylic oxidation sites excluding steroid dienone is 2. The molecule has 0 heterocycles. The van der Waals surface area contributed by atoms with Crippen molar-refractivity contribution in [3.05, 3.63) is 47.1 Å². The number of aryl methyl sites for hydroxylation is 1. The van der Waals surface area contributed by atoms with Gasteiger partial charge in [0, 0.05) is 11.1 Å². The van der Waals surface area contributed by atoms with Gasteiger partial charge in [0.2, 0.25) is 0 Å². The lowest BCUT2D eigenvalue weighted by Crippen LogP contribution is -2.04. The van der Waals surface area contributed by atoms with Gasteiger partial charge in [-0.3, -0.25) is 0 Å². The van der Waals surface area contributed by atoms with Crippen LogP contribution in [0.25, 0.3) is 6.08 Å². The summed E-state index contributed by atoms with van der Waals surface area (Å²) in [5.41, 5.74) is 12.0. The SMILES string of the molecule is C#CC(C)(C)/C=C\c1c(C)ccc(N)c1CCCCCCCCC(=C)C.CC.CCCC. The first-order valence-corrected chi connectivity index (χ1v) is 12.9. The molecule has 182 valence electrons. The summed E-state index contributed by atoms with van der Waals surface area (Å²) < 4.78 is 0. The van der Waals surface area contributed by atoms with Gasteiger partial charge in [-0.25, -0.2) is 0 Å². The van der Waals surface area contributed by atoms with Crippen LogP contribution in [0.15, 0.2) is 30.4 Å². The Hall–Kier alpha value is -1.94. The minimum atomic E-state index is -0.238. The van der Waals surface area contributed by atoms with Crippen LogP contribution in [0.5, 0.6) is 0 Å². The van der Waals surface area contributed by atoms with Crippen molar-refractivity contribution in [3.63, 3.8) is 0 Å². The first kappa shape index (κ1) is 32.2. The summed E-state index contributed by atoms with van der Waals surface area (Å²) in [5.74, 6) is 2.83. The Bertz CT molecular complexity index is 683. The molecule has 0 aliphatic rings. The summed E-state index contributed by atoms with van der Waals surface area (Å²) in [4.78, 5) is 0. The average molecular weight is 440 g/mol. The third-order valence-electron chi connectivity index (χ3n) is 5.43. The van der Waals surface area contributed by atoms with Crippen molar-refractivity contribution in [2.75, 3.05) is 5.73 Å². The zero-order chi connectivity index (χ0) is 25.0. The minimum absolute atomic E-state index is 0.238. The topological polar surface area (TPSA) is 26.0 Å². The fraction of sp³-hybridized carbons (Fsp3) is 0.613. The van der Waals surface area contributed by atoms with Gasteiger partial charge in [0.25, 0.3) is 0 Å². The first-order valence-electron chi connectivity index (χ1n) is 12.9. The van der Waals surface area contributed by atoms with Crippen LogP contribution in [-0.4, -0.2) is 0 Å². The molecule has 1 aromatic rings. The maximum atomic E-state index is 6.29. The van der Waals surface area contributed by atoms with E-state index in [4.69, 9.17) is 12.2 Å². The standard InChI is InChI=1S/C25H37N.C4H10.C2H6/c1-7-25(5,6)19-18-22-21(4)16-17-24(26)23(22)15-13-11-9-8-10-12-14-20(2)3;1-3-4-2;1-2/h1,16-19H,2,8-15,26H2,3-6H3;3-4H2,1-2H3;1-2H3/b19-18-;;.